The van der Waals surface area contributed by atoms with Crippen molar-refractivity contribution in [2.45, 2.75) is 25.8 Å². The Morgan fingerprint density at radius 1 is 1.43 bits per heavy atom. The second kappa shape index (κ2) is 7.10. The predicted molar refractivity (Wildman–Crippen MR) is 92.5 cm³/mol. The van der Waals surface area contributed by atoms with Crippen molar-refractivity contribution in [3.8, 4) is 11.3 Å². The van der Waals surface area contributed by atoms with E-state index in [1.807, 2.05) is 36.4 Å². The van der Waals surface area contributed by atoms with E-state index in [1.54, 1.807) is 4.90 Å². The van der Waals surface area contributed by atoms with Crippen molar-refractivity contribution >= 4 is 22.6 Å². The largest absolute Gasteiger partial charge is 0.394 e. The van der Waals surface area contributed by atoms with E-state index >= 15 is 0 Å². The molecular weight excluding hydrogens is 310 g/mol. The maximum atomic E-state index is 12.5. The Kier molecular flexibility index (Phi) is 4.93. The van der Waals surface area contributed by atoms with Crippen LogP contribution in [0.1, 0.15) is 19.8 Å². The normalized spacial score (nSPS) is 21.2. The summed E-state index contributed by atoms with van der Waals surface area (Å²) < 4.78 is 4.40. The number of hydrogen-bond acceptors (Lipinski definition) is 4. The number of hydrogen-bond donors (Lipinski definition) is 2. The van der Waals surface area contributed by atoms with E-state index in [9.17, 15) is 9.90 Å². The number of urea groups is 1. The van der Waals surface area contributed by atoms with Gasteiger partial charge in [-0.3, -0.25) is 5.32 Å². The summed E-state index contributed by atoms with van der Waals surface area (Å²) in [5.74, 6) is 0.320. The first-order chi connectivity index (χ1) is 11.2. The summed E-state index contributed by atoms with van der Waals surface area (Å²) in [5.41, 5.74) is 1.89. The molecule has 3 rings (SSSR count). The molecule has 1 aromatic carbocycles. The average molecular weight is 331 g/mol. The Balaban J connectivity index is 1.69. The molecule has 1 aliphatic heterocycles. The van der Waals surface area contributed by atoms with E-state index in [0.29, 0.717) is 12.5 Å². The highest BCUT2D eigenvalue weighted by Gasteiger charge is 2.31. The van der Waals surface area contributed by atoms with Gasteiger partial charge in [0, 0.05) is 18.2 Å². The number of benzene rings is 1. The number of carbonyl (C=O) groups excluding carboxylic acids is 1. The minimum absolute atomic E-state index is 0.00649. The van der Waals surface area contributed by atoms with Crippen LogP contribution in [0.15, 0.2) is 36.4 Å². The highest BCUT2D eigenvalue weighted by atomic mass is 32.1. The summed E-state index contributed by atoms with van der Waals surface area (Å²) in [6, 6.07) is 11.5. The lowest BCUT2D eigenvalue weighted by Gasteiger charge is -2.38. The molecule has 0 bridgehead atoms. The Morgan fingerprint density at radius 3 is 2.96 bits per heavy atom. The van der Waals surface area contributed by atoms with Gasteiger partial charge in [0.15, 0.2) is 0 Å². The molecular formula is C17H21N3O2S. The van der Waals surface area contributed by atoms with Crippen LogP contribution in [-0.2, 0) is 0 Å². The van der Waals surface area contributed by atoms with Crippen LogP contribution in [0, 0.1) is 5.92 Å². The zero-order chi connectivity index (χ0) is 16.2. The minimum Gasteiger partial charge on any atom is -0.394 e. The van der Waals surface area contributed by atoms with Crippen molar-refractivity contribution in [1.29, 1.82) is 0 Å². The lowest BCUT2D eigenvalue weighted by atomic mass is 9.91. The third-order valence-electron chi connectivity index (χ3n) is 4.37. The summed E-state index contributed by atoms with van der Waals surface area (Å²) in [7, 11) is 0. The molecule has 2 heterocycles. The van der Waals surface area contributed by atoms with Gasteiger partial charge in [-0.15, -0.1) is 0 Å². The molecule has 6 heteroatoms. The van der Waals surface area contributed by atoms with Gasteiger partial charge in [0.25, 0.3) is 0 Å². The number of aliphatic hydroxyl groups is 1. The van der Waals surface area contributed by atoms with Gasteiger partial charge in [0.2, 0.25) is 0 Å². The number of anilines is 1. The second-order valence-corrected chi connectivity index (χ2v) is 6.74. The van der Waals surface area contributed by atoms with Gasteiger partial charge >= 0.3 is 6.03 Å². The topological polar surface area (TPSA) is 65.5 Å². The molecule has 1 fully saturated rings. The first-order valence-electron chi connectivity index (χ1n) is 7.89. The molecule has 1 saturated heterocycles. The number of aliphatic hydroxyl groups excluding tert-OH is 1. The number of nitrogens with zero attached hydrogens (tertiary/aromatic N) is 2. The molecule has 1 aromatic heterocycles. The van der Waals surface area contributed by atoms with Gasteiger partial charge in [0.05, 0.1) is 18.3 Å². The number of amides is 2. The van der Waals surface area contributed by atoms with Crippen LogP contribution >= 0.6 is 11.5 Å². The Labute approximate surface area is 140 Å². The first-order valence-corrected chi connectivity index (χ1v) is 8.67. The lowest BCUT2D eigenvalue weighted by Crippen LogP contribution is -2.51. The van der Waals surface area contributed by atoms with Gasteiger partial charge in [0.1, 0.15) is 5.00 Å². The van der Waals surface area contributed by atoms with Gasteiger partial charge < -0.3 is 10.0 Å². The fourth-order valence-corrected chi connectivity index (χ4v) is 3.69. The molecule has 5 nitrogen and oxygen atoms in total. The Morgan fingerprint density at radius 2 is 2.22 bits per heavy atom. The van der Waals surface area contributed by atoms with Crippen LogP contribution in [0.5, 0.6) is 0 Å². The fourth-order valence-electron chi connectivity index (χ4n) is 3.04. The van der Waals surface area contributed by atoms with Crippen LogP contribution in [-0.4, -0.2) is 39.6 Å². The monoisotopic (exact) mass is 331 g/mol. The molecule has 1 aliphatic rings. The maximum Gasteiger partial charge on any atom is 0.322 e. The summed E-state index contributed by atoms with van der Waals surface area (Å²) in [4.78, 5) is 14.3. The van der Waals surface area contributed by atoms with Crippen LogP contribution in [0.3, 0.4) is 0 Å². The van der Waals surface area contributed by atoms with Gasteiger partial charge in [-0.1, -0.05) is 37.3 Å². The molecule has 2 N–H and O–H groups in total. The predicted octanol–water partition coefficient (Wildman–Crippen LogP) is 3.43. The molecule has 2 aromatic rings. The second-order valence-electron chi connectivity index (χ2n) is 5.94. The highest BCUT2D eigenvalue weighted by Crippen LogP contribution is 2.27. The van der Waals surface area contributed by atoms with E-state index in [1.165, 1.54) is 11.5 Å². The van der Waals surface area contributed by atoms with Crippen LogP contribution < -0.4 is 5.32 Å². The summed E-state index contributed by atoms with van der Waals surface area (Å²) >= 11 is 1.28. The quantitative estimate of drug-likeness (QED) is 0.905. The lowest BCUT2D eigenvalue weighted by molar-refractivity contribution is 0.0812. The zero-order valence-corrected chi connectivity index (χ0v) is 13.9. The van der Waals surface area contributed by atoms with Crippen molar-refractivity contribution in [2.24, 2.45) is 5.92 Å². The van der Waals surface area contributed by atoms with E-state index in [0.717, 1.165) is 29.1 Å². The summed E-state index contributed by atoms with van der Waals surface area (Å²) in [5, 5.41) is 13.2. The smallest absolute Gasteiger partial charge is 0.322 e. The van der Waals surface area contributed by atoms with E-state index in [4.69, 9.17) is 0 Å². The average Bonchev–Trinajstić information content (AvgIpc) is 3.04. The van der Waals surface area contributed by atoms with Crippen molar-refractivity contribution in [2.75, 3.05) is 18.5 Å². The van der Waals surface area contributed by atoms with Gasteiger partial charge in [-0.2, -0.15) is 4.37 Å². The van der Waals surface area contributed by atoms with E-state index in [2.05, 4.69) is 16.6 Å². The van der Waals surface area contributed by atoms with Crippen molar-refractivity contribution < 1.29 is 9.90 Å². The Bertz CT molecular complexity index is 659. The number of likely N-dealkylation sites (tertiary alicyclic amines) is 1. The molecule has 23 heavy (non-hydrogen) atoms. The van der Waals surface area contributed by atoms with Gasteiger partial charge in [-0.25, -0.2) is 4.79 Å². The summed E-state index contributed by atoms with van der Waals surface area (Å²) in [6.07, 6.45) is 2.02. The molecule has 2 atom stereocenters. The number of piperidine rings is 1. The molecule has 0 saturated carbocycles. The fraction of sp³-hybridized carbons (Fsp3) is 0.412. The van der Waals surface area contributed by atoms with Crippen LogP contribution in [0.4, 0.5) is 9.80 Å². The molecule has 122 valence electrons. The summed E-state index contributed by atoms with van der Waals surface area (Å²) in [6.45, 7) is 2.78. The van der Waals surface area contributed by atoms with Crippen LogP contribution in [0.2, 0.25) is 0 Å². The highest BCUT2D eigenvalue weighted by molar-refractivity contribution is 7.10. The van der Waals surface area contributed by atoms with Crippen molar-refractivity contribution in [3.63, 3.8) is 0 Å². The SMILES string of the molecule is CC1CCCN(C(=O)Nc2cc(-c3ccccc3)ns2)C1CO. The number of aromatic nitrogens is 1. The van der Waals surface area contributed by atoms with Crippen molar-refractivity contribution in [3.05, 3.63) is 36.4 Å². The minimum atomic E-state index is -0.154. The van der Waals surface area contributed by atoms with E-state index in [-0.39, 0.29) is 18.7 Å². The molecule has 2 unspecified atom stereocenters. The zero-order valence-electron chi connectivity index (χ0n) is 13.1. The van der Waals surface area contributed by atoms with E-state index < -0.39 is 0 Å². The number of rotatable bonds is 3. The van der Waals surface area contributed by atoms with Crippen LogP contribution in [0.25, 0.3) is 11.3 Å². The molecule has 0 radical (unpaired) electrons. The Hall–Kier alpha value is -1.92. The number of carbonyl (C=O) groups is 1. The van der Waals surface area contributed by atoms with Gasteiger partial charge in [-0.05, 0) is 30.3 Å². The molecule has 2 amide bonds. The third kappa shape index (κ3) is 3.54. The first kappa shape index (κ1) is 16.0. The molecule has 0 spiro atoms. The standard InChI is InChI=1S/C17H21N3O2S/c1-12-6-5-9-20(15(12)11-21)17(22)18-16-10-14(19-23-16)13-7-3-2-4-8-13/h2-4,7-8,10,12,15,21H,5-6,9,11H2,1H3,(H,18,22). The number of nitrogens with one attached hydrogen (secondary N) is 1. The van der Waals surface area contributed by atoms with Crippen molar-refractivity contribution in [1.82, 2.24) is 9.27 Å². The molecule has 0 aliphatic carbocycles. The maximum absolute atomic E-state index is 12.5. The third-order valence-corrected chi connectivity index (χ3v) is 5.08.